The van der Waals surface area contributed by atoms with Crippen LogP contribution < -0.4 is 16.0 Å². The highest BCUT2D eigenvalue weighted by atomic mass is 32.2. The average Bonchev–Trinajstić information content (AvgIpc) is 3.02. The molecule has 0 bridgehead atoms. The molecule has 13 heteroatoms. The number of urea groups is 1. The van der Waals surface area contributed by atoms with Crippen molar-refractivity contribution in [3.05, 3.63) is 35.9 Å². The normalized spacial score (nSPS) is 24.7. The molecule has 1 aliphatic carbocycles. The van der Waals surface area contributed by atoms with Crippen LogP contribution >= 0.6 is 0 Å². The number of piperidine rings is 1. The third-order valence-corrected chi connectivity index (χ3v) is 12.9. The Bertz CT molecular complexity index is 1390. The number of nitrogens with one attached hydrogen (secondary N) is 3. The summed E-state index contributed by atoms with van der Waals surface area (Å²) >= 11 is 0. The fourth-order valence-electron chi connectivity index (χ4n) is 7.41. The van der Waals surface area contributed by atoms with Gasteiger partial charge in [0, 0.05) is 51.1 Å². The van der Waals surface area contributed by atoms with Gasteiger partial charge in [0.25, 0.3) is 0 Å². The van der Waals surface area contributed by atoms with E-state index in [0.717, 1.165) is 37.5 Å². The van der Waals surface area contributed by atoms with Crippen LogP contribution in [-0.4, -0.2) is 133 Å². The minimum atomic E-state index is -3.83. The molecule has 3 aliphatic rings. The molecule has 1 saturated carbocycles. The first-order valence-corrected chi connectivity index (χ1v) is 19.8. The second-order valence-corrected chi connectivity index (χ2v) is 18.8. The van der Waals surface area contributed by atoms with Crippen LogP contribution in [0, 0.1) is 11.8 Å². The number of carbonyl (C=O) groups is 3. The zero-order valence-electron chi connectivity index (χ0n) is 30.6. The highest BCUT2D eigenvalue weighted by Gasteiger charge is 2.46. The number of sulfone groups is 1. The smallest absolute Gasteiger partial charge is 0.318 e. The van der Waals surface area contributed by atoms with Crippen LogP contribution in [0.2, 0.25) is 0 Å². The number of β-amino-alcohol motifs (C(OH)–C–C–N with tert-alkyl or cyclic N) is 1. The molecule has 1 aromatic rings. The largest absolute Gasteiger partial charge is 0.390 e. The molecule has 49 heavy (non-hydrogen) atoms. The summed E-state index contributed by atoms with van der Waals surface area (Å²) in [4.78, 5) is 47.0. The number of hydrogen-bond acceptors (Lipinski definition) is 8. The van der Waals surface area contributed by atoms with Gasteiger partial charge < -0.3 is 30.9 Å². The highest BCUT2D eigenvalue weighted by Crippen LogP contribution is 2.39. The molecule has 2 saturated heterocycles. The van der Waals surface area contributed by atoms with Gasteiger partial charge in [-0.1, -0.05) is 49.6 Å². The van der Waals surface area contributed by atoms with Crippen molar-refractivity contribution in [1.29, 1.82) is 0 Å². The number of fused-ring (bicyclic) bond motifs is 1. The first-order chi connectivity index (χ1) is 22.9. The van der Waals surface area contributed by atoms with Gasteiger partial charge in [0.2, 0.25) is 11.8 Å². The van der Waals surface area contributed by atoms with Crippen LogP contribution in [0.5, 0.6) is 0 Å². The van der Waals surface area contributed by atoms with E-state index in [9.17, 15) is 27.9 Å². The Labute approximate surface area is 293 Å². The van der Waals surface area contributed by atoms with E-state index >= 15 is 0 Å². The standard InChI is InChI=1S/C36H60N6O6S/c1-35(2,3)39-32(44)29-22-26-15-11-12-16-27(26)23-42(29)24-30(43)28(21-25-13-9-8-10-14-25)37-33(45)31(36(4,5)49(7,47)48)38-34(46)41-19-17-40(6)18-20-41/h8-10,13-14,26-31,43H,11-12,15-24H2,1-7H3,(H,37,45)(H,38,46)(H,39,44)/t26-,27+,28-,29-,30+,31+/m0/s1. The van der Waals surface area contributed by atoms with E-state index in [-0.39, 0.29) is 18.9 Å². The number of hydrogen-bond donors (Lipinski definition) is 4. The van der Waals surface area contributed by atoms with Crippen LogP contribution in [0.1, 0.15) is 72.3 Å². The zero-order valence-corrected chi connectivity index (χ0v) is 31.4. The second kappa shape index (κ2) is 16.1. The van der Waals surface area contributed by atoms with Crippen molar-refractivity contribution in [3.63, 3.8) is 0 Å². The maximum atomic E-state index is 14.2. The van der Waals surface area contributed by atoms with Crippen molar-refractivity contribution in [2.24, 2.45) is 11.8 Å². The molecular weight excluding hydrogens is 644 g/mol. The number of likely N-dealkylation sites (tertiary alicyclic amines) is 1. The summed E-state index contributed by atoms with van der Waals surface area (Å²) in [6.07, 6.45) is 5.46. The molecule has 4 rings (SSSR count). The number of amides is 4. The van der Waals surface area contributed by atoms with Crippen molar-refractivity contribution >= 4 is 27.7 Å². The van der Waals surface area contributed by atoms with Crippen LogP contribution in [0.25, 0.3) is 0 Å². The average molecular weight is 705 g/mol. The maximum Gasteiger partial charge on any atom is 0.318 e. The Kier molecular flexibility index (Phi) is 12.8. The molecule has 4 amide bonds. The number of nitrogens with zero attached hydrogens (tertiary/aromatic N) is 3. The summed E-state index contributed by atoms with van der Waals surface area (Å²) < 4.78 is 24.4. The lowest BCUT2D eigenvalue weighted by molar-refractivity contribution is -0.133. The van der Waals surface area contributed by atoms with E-state index in [4.69, 9.17) is 0 Å². The molecule has 276 valence electrons. The number of carbonyl (C=O) groups excluding carboxylic acids is 3. The van der Waals surface area contributed by atoms with E-state index in [0.29, 0.717) is 44.6 Å². The number of likely N-dealkylation sites (N-methyl/N-ethyl adjacent to an activating group) is 1. The zero-order chi connectivity index (χ0) is 36.1. The number of rotatable bonds is 11. The summed E-state index contributed by atoms with van der Waals surface area (Å²) in [7, 11) is -1.86. The van der Waals surface area contributed by atoms with Crippen LogP contribution in [-0.2, 0) is 25.8 Å². The van der Waals surface area contributed by atoms with Gasteiger partial charge in [-0.2, -0.15) is 0 Å². The second-order valence-electron chi connectivity index (χ2n) is 16.2. The minimum Gasteiger partial charge on any atom is -0.390 e. The topological polar surface area (TPSA) is 151 Å². The first kappa shape index (κ1) is 39.1. The summed E-state index contributed by atoms with van der Waals surface area (Å²) in [5.74, 6) is 0.145. The minimum absolute atomic E-state index is 0.0612. The SMILES string of the molecule is CN1CCN(C(=O)N[C@H](C(=O)N[C@@H](Cc2ccccc2)[C@H](O)CN2C[C@H]3CCCC[C@H]3C[C@H]2C(=O)NC(C)(C)C)C(C)(C)S(C)(=O)=O)CC1. The fraction of sp³-hybridized carbons (Fsp3) is 0.750. The molecule has 0 unspecified atom stereocenters. The van der Waals surface area contributed by atoms with Crippen molar-refractivity contribution in [2.45, 2.75) is 108 Å². The summed E-state index contributed by atoms with van der Waals surface area (Å²) in [6.45, 7) is 11.8. The van der Waals surface area contributed by atoms with Crippen molar-refractivity contribution in [2.75, 3.05) is 52.6 Å². The number of aliphatic hydroxyl groups is 1. The molecule has 0 radical (unpaired) electrons. The lowest BCUT2D eigenvalue weighted by Gasteiger charge is -2.47. The molecule has 1 aromatic carbocycles. The summed E-state index contributed by atoms with van der Waals surface area (Å²) in [5.41, 5.74) is 0.463. The molecule has 2 heterocycles. The van der Waals surface area contributed by atoms with E-state index in [1.165, 1.54) is 20.3 Å². The van der Waals surface area contributed by atoms with Gasteiger partial charge in [-0.25, -0.2) is 13.2 Å². The first-order valence-electron chi connectivity index (χ1n) is 17.9. The molecular formula is C36H60N6O6S. The monoisotopic (exact) mass is 704 g/mol. The third kappa shape index (κ3) is 10.4. The van der Waals surface area contributed by atoms with Gasteiger partial charge >= 0.3 is 6.03 Å². The van der Waals surface area contributed by atoms with Crippen LogP contribution in [0.3, 0.4) is 0 Å². The predicted octanol–water partition coefficient (Wildman–Crippen LogP) is 2.02. The third-order valence-electron chi connectivity index (χ3n) is 10.8. The Balaban J connectivity index is 1.60. The highest BCUT2D eigenvalue weighted by molar-refractivity contribution is 7.92. The van der Waals surface area contributed by atoms with Crippen molar-refractivity contribution in [1.82, 2.24) is 30.7 Å². The van der Waals surface area contributed by atoms with Gasteiger partial charge in [-0.15, -0.1) is 0 Å². The van der Waals surface area contributed by atoms with Crippen LogP contribution in [0.4, 0.5) is 4.79 Å². The van der Waals surface area contributed by atoms with E-state index < -0.39 is 56.3 Å². The predicted molar refractivity (Wildman–Crippen MR) is 192 cm³/mol. The lowest BCUT2D eigenvalue weighted by Crippen LogP contribution is -2.65. The molecule has 6 atom stereocenters. The summed E-state index contributed by atoms with van der Waals surface area (Å²) in [6, 6.07) is 6.29. The molecule has 3 fully saturated rings. The van der Waals surface area contributed by atoms with E-state index in [1.807, 2.05) is 58.2 Å². The van der Waals surface area contributed by atoms with E-state index in [2.05, 4.69) is 25.8 Å². The Morgan fingerprint density at radius 3 is 2.14 bits per heavy atom. The maximum absolute atomic E-state index is 14.2. The van der Waals surface area contributed by atoms with Gasteiger partial charge in [-0.05, 0) is 78.3 Å². The molecule has 2 aliphatic heterocycles. The van der Waals surface area contributed by atoms with Crippen molar-refractivity contribution in [3.8, 4) is 0 Å². The summed E-state index contributed by atoms with van der Waals surface area (Å²) in [5, 5.41) is 20.8. The van der Waals surface area contributed by atoms with Gasteiger partial charge in [0.1, 0.15) is 6.04 Å². The molecule has 0 aromatic heterocycles. The Morgan fingerprint density at radius 1 is 0.939 bits per heavy atom. The van der Waals surface area contributed by atoms with Crippen LogP contribution in [0.15, 0.2) is 30.3 Å². The van der Waals surface area contributed by atoms with Gasteiger partial charge in [0.15, 0.2) is 9.84 Å². The quantitative estimate of drug-likeness (QED) is 0.273. The molecule has 12 nitrogen and oxygen atoms in total. The molecule has 0 spiro atoms. The molecule has 4 N–H and O–H groups in total. The van der Waals surface area contributed by atoms with Crippen molar-refractivity contribution < 1.29 is 27.9 Å². The fourth-order valence-corrected chi connectivity index (χ4v) is 8.00. The lowest BCUT2D eigenvalue weighted by atomic mass is 9.72. The number of benzene rings is 1. The van der Waals surface area contributed by atoms with Gasteiger partial charge in [0.05, 0.1) is 22.9 Å². The Morgan fingerprint density at radius 2 is 1.55 bits per heavy atom. The Hall–Kier alpha value is -2.74. The number of piperazine rings is 1. The van der Waals surface area contributed by atoms with E-state index in [1.54, 1.807) is 4.90 Å². The van der Waals surface area contributed by atoms with Gasteiger partial charge in [-0.3, -0.25) is 14.5 Å². The number of aliphatic hydroxyl groups excluding tert-OH is 1.